The number of allylic oxidation sites excluding steroid dienone is 2. The normalized spacial score (nSPS) is 11.1. The van der Waals surface area contributed by atoms with E-state index in [1.807, 2.05) is 113 Å². The van der Waals surface area contributed by atoms with Crippen molar-refractivity contribution in [2.24, 2.45) is 5.92 Å². The first kappa shape index (κ1) is 76.6. The van der Waals surface area contributed by atoms with Crippen molar-refractivity contribution in [3.05, 3.63) is 100 Å². The molecular formula is C61H108O9. The molecule has 70 heavy (non-hydrogen) atoms. The van der Waals surface area contributed by atoms with Gasteiger partial charge in [-0.05, 0) is 118 Å². The molecule has 9 heteroatoms. The molecule has 9 nitrogen and oxygen atoms in total. The zero-order chi connectivity index (χ0) is 55.6. The van der Waals surface area contributed by atoms with Crippen LogP contribution in [0.2, 0.25) is 0 Å². The highest BCUT2D eigenvalue weighted by Crippen LogP contribution is 2.40. The van der Waals surface area contributed by atoms with E-state index in [1.165, 1.54) is 6.42 Å². The highest BCUT2D eigenvalue weighted by Gasteiger charge is 2.16. The summed E-state index contributed by atoms with van der Waals surface area (Å²) in [7, 11) is 10.9. The molecule has 0 saturated carbocycles. The summed E-state index contributed by atoms with van der Waals surface area (Å²) in [6.45, 7) is 41.1. The zero-order valence-electron chi connectivity index (χ0n) is 49.9. The van der Waals surface area contributed by atoms with Crippen molar-refractivity contribution in [1.29, 1.82) is 0 Å². The van der Waals surface area contributed by atoms with Crippen LogP contribution in [0, 0.1) is 5.92 Å². The molecule has 0 spiro atoms. The Morgan fingerprint density at radius 2 is 0.829 bits per heavy atom. The third-order valence-corrected chi connectivity index (χ3v) is 8.62. The number of hydrogen-bond donors (Lipinski definition) is 1. The average molecular weight is 986 g/mol. The lowest BCUT2D eigenvalue weighted by atomic mass is 10.1. The largest absolute Gasteiger partial charge is 0.493 e. The van der Waals surface area contributed by atoms with E-state index in [0.29, 0.717) is 23.2 Å². The van der Waals surface area contributed by atoms with Crippen LogP contribution < -0.4 is 23.7 Å². The SMILES string of the molecule is CC.CC.CC.CC.CCC.CCC(C)OC(=C(C)C)/C(=C\C(C)C)OC.CCC(C)Oc1ccc(/C=C/c2ccc(/C=C/c3cc(OC)c(OC(C)CC)c(OC)c3)cc2)cc1OC.CO.COC. The van der Waals surface area contributed by atoms with E-state index in [2.05, 4.69) is 116 Å². The predicted octanol–water partition coefficient (Wildman–Crippen LogP) is 18.1. The molecule has 0 radical (unpaired) electrons. The van der Waals surface area contributed by atoms with Gasteiger partial charge in [0.1, 0.15) is 0 Å². The van der Waals surface area contributed by atoms with Gasteiger partial charge in [-0.3, -0.25) is 0 Å². The lowest BCUT2D eigenvalue weighted by molar-refractivity contribution is 0.108. The summed E-state index contributed by atoms with van der Waals surface area (Å²) < 4.78 is 44.2. The van der Waals surface area contributed by atoms with Crippen molar-refractivity contribution in [2.45, 2.75) is 182 Å². The van der Waals surface area contributed by atoms with Crippen LogP contribution in [0.3, 0.4) is 0 Å². The third-order valence-electron chi connectivity index (χ3n) is 8.62. The maximum absolute atomic E-state index is 7.00. The molecular weight excluding hydrogens is 877 g/mol. The summed E-state index contributed by atoms with van der Waals surface area (Å²) in [4.78, 5) is 0. The van der Waals surface area contributed by atoms with E-state index in [4.69, 9.17) is 38.3 Å². The molecule has 406 valence electrons. The Kier molecular flexibility index (Phi) is 58.5. The Morgan fingerprint density at radius 3 is 1.17 bits per heavy atom. The van der Waals surface area contributed by atoms with Crippen molar-refractivity contribution >= 4 is 24.3 Å². The van der Waals surface area contributed by atoms with Crippen molar-refractivity contribution in [3.63, 3.8) is 0 Å². The van der Waals surface area contributed by atoms with Crippen LogP contribution in [0.1, 0.15) is 186 Å². The van der Waals surface area contributed by atoms with E-state index < -0.39 is 0 Å². The molecule has 0 fully saturated rings. The summed E-state index contributed by atoms with van der Waals surface area (Å²) >= 11 is 0. The van der Waals surface area contributed by atoms with Crippen LogP contribution in [-0.4, -0.2) is 73.2 Å². The van der Waals surface area contributed by atoms with Gasteiger partial charge in [0.15, 0.2) is 34.5 Å². The fourth-order valence-electron chi connectivity index (χ4n) is 4.93. The molecule has 3 aromatic rings. The Labute approximate surface area is 432 Å². The molecule has 0 aliphatic heterocycles. The first-order valence-electron chi connectivity index (χ1n) is 25.8. The topological polar surface area (TPSA) is 94.1 Å². The lowest BCUT2D eigenvalue weighted by Crippen LogP contribution is -2.11. The molecule has 3 rings (SSSR count). The Bertz CT molecular complexity index is 1690. The van der Waals surface area contributed by atoms with Crippen LogP contribution in [0.5, 0.6) is 28.7 Å². The molecule has 3 aromatic carbocycles. The van der Waals surface area contributed by atoms with Gasteiger partial charge in [0, 0.05) is 21.3 Å². The highest BCUT2D eigenvalue weighted by molar-refractivity contribution is 5.75. The second kappa shape index (κ2) is 53.5. The first-order chi connectivity index (χ1) is 33.6. The molecule has 0 bridgehead atoms. The molecule has 0 aromatic heterocycles. The van der Waals surface area contributed by atoms with E-state index >= 15 is 0 Å². The van der Waals surface area contributed by atoms with Gasteiger partial charge in [0.2, 0.25) is 5.75 Å². The molecule has 0 aliphatic carbocycles. The monoisotopic (exact) mass is 985 g/mol. The van der Waals surface area contributed by atoms with Crippen molar-refractivity contribution in [1.82, 2.24) is 0 Å². The predicted molar refractivity (Wildman–Crippen MR) is 309 cm³/mol. The van der Waals surface area contributed by atoms with Gasteiger partial charge in [-0.1, -0.05) is 165 Å². The molecule has 0 heterocycles. The van der Waals surface area contributed by atoms with Gasteiger partial charge in [-0.25, -0.2) is 0 Å². The summed E-state index contributed by atoms with van der Waals surface area (Å²) in [5, 5.41) is 7.00. The summed E-state index contributed by atoms with van der Waals surface area (Å²) in [6.07, 6.45) is 14.9. The number of rotatable bonds is 19. The minimum absolute atomic E-state index is 0.0665. The fraction of sp³-hybridized carbons (Fsp3) is 0.574. The maximum atomic E-state index is 7.00. The lowest BCUT2D eigenvalue weighted by Gasteiger charge is -2.19. The van der Waals surface area contributed by atoms with Crippen LogP contribution in [0.25, 0.3) is 24.3 Å². The van der Waals surface area contributed by atoms with E-state index in [0.717, 1.165) is 77.2 Å². The van der Waals surface area contributed by atoms with Gasteiger partial charge in [-0.15, -0.1) is 0 Å². The van der Waals surface area contributed by atoms with Gasteiger partial charge in [0.05, 0.1) is 46.8 Å². The number of ether oxygens (including phenoxy) is 8. The minimum atomic E-state index is 0.0665. The first-order valence-corrected chi connectivity index (χ1v) is 25.8. The second-order valence-corrected chi connectivity index (χ2v) is 14.9. The van der Waals surface area contributed by atoms with Gasteiger partial charge in [0.25, 0.3) is 0 Å². The van der Waals surface area contributed by atoms with E-state index in [-0.39, 0.29) is 18.3 Å². The van der Waals surface area contributed by atoms with Crippen molar-refractivity contribution in [2.75, 3.05) is 49.8 Å². The molecule has 1 N–H and O–H groups in total. The van der Waals surface area contributed by atoms with Crippen LogP contribution in [0.4, 0.5) is 0 Å². The Balaban J connectivity index is -0.000000266. The number of aliphatic hydroxyl groups excluding tert-OH is 1. The maximum Gasteiger partial charge on any atom is 0.203 e. The summed E-state index contributed by atoms with van der Waals surface area (Å²) in [5.74, 6) is 5.61. The second-order valence-electron chi connectivity index (χ2n) is 14.9. The quantitative estimate of drug-likeness (QED) is 0.0716. The summed E-state index contributed by atoms with van der Waals surface area (Å²) in [6, 6.07) is 18.3. The molecule has 3 atom stereocenters. The molecule has 0 amide bonds. The smallest absolute Gasteiger partial charge is 0.203 e. The average Bonchev–Trinajstić information content (AvgIpc) is 3.39. The number of benzene rings is 3. The zero-order valence-corrected chi connectivity index (χ0v) is 49.9. The number of methoxy groups -OCH3 is 5. The number of hydrogen-bond acceptors (Lipinski definition) is 9. The minimum Gasteiger partial charge on any atom is -0.493 e. The van der Waals surface area contributed by atoms with Gasteiger partial charge < -0.3 is 43.0 Å². The van der Waals surface area contributed by atoms with E-state index in [9.17, 15) is 0 Å². The van der Waals surface area contributed by atoms with Gasteiger partial charge >= 0.3 is 0 Å². The molecule has 3 unspecified atom stereocenters. The number of aliphatic hydroxyl groups is 1. The van der Waals surface area contributed by atoms with Crippen molar-refractivity contribution in [3.8, 4) is 28.7 Å². The van der Waals surface area contributed by atoms with E-state index in [1.54, 1.807) is 42.7 Å². The Morgan fingerprint density at radius 1 is 0.486 bits per heavy atom. The third kappa shape index (κ3) is 36.1. The van der Waals surface area contributed by atoms with Crippen LogP contribution in [0.15, 0.2) is 77.8 Å². The van der Waals surface area contributed by atoms with Gasteiger partial charge in [-0.2, -0.15) is 0 Å². The highest BCUT2D eigenvalue weighted by atomic mass is 16.5. The van der Waals surface area contributed by atoms with Crippen LogP contribution in [-0.2, 0) is 14.2 Å². The summed E-state index contributed by atoms with van der Waals surface area (Å²) in [5.41, 5.74) is 5.36. The molecule has 0 saturated heterocycles. The van der Waals surface area contributed by atoms with Crippen molar-refractivity contribution < 1.29 is 43.0 Å². The Hall–Kier alpha value is -4.86. The van der Waals surface area contributed by atoms with Crippen LogP contribution >= 0.6 is 0 Å². The standard InChI is InChI=1S/C33H40O5.C14H26O2.C3H8.C2H6O.4C2H6.CH4O/c1-8-23(3)37-29-19-18-27(20-30(29)34-5)16-14-25-10-12-26(13-11-25)15-17-28-21-31(35-6)33(32(22-28)36-7)38-24(4)9-2;1-8-12(6)16-14(11(4)5)13(15-7)9-10(2)3;2*1-3-2;5*1-2/h10-24H,8-9H2,1-7H3;9-10,12H,8H2,1-7H3;3H2,1-2H3;1-2H3;4*1-2H3;2H,1H3/b16-14+,17-15+;13-9+;;;;;;;. The molecule has 0 aliphatic rings. The fourth-order valence-corrected chi connectivity index (χ4v) is 4.93.